The average Bonchev–Trinajstić information content (AvgIpc) is 3.07. The number of likely N-dealkylation sites (N-methyl/N-ethyl adjacent to an activating group) is 2. The fourth-order valence-corrected chi connectivity index (χ4v) is 2.95. The fraction of sp³-hybridized carbons (Fsp3) is 0.600. The van der Waals surface area contributed by atoms with Crippen LogP contribution < -0.4 is 0 Å². The molecule has 116 valence electrons. The first-order chi connectivity index (χ1) is 10.0. The summed E-state index contributed by atoms with van der Waals surface area (Å²) >= 11 is 0. The van der Waals surface area contributed by atoms with Gasteiger partial charge in [0.05, 0.1) is 0 Å². The molecule has 1 unspecified atom stereocenters. The van der Waals surface area contributed by atoms with E-state index < -0.39 is 5.97 Å². The maximum absolute atomic E-state index is 12.3. The number of hydrogen-bond acceptors (Lipinski definition) is 3. The SMILES string of the molecule is CCN1CCCC1CN(C)C(=O)Cn1cccc1C(=O)O. The highest BCUT2D eigenvalue weighted by atomic mass is 16.4. The molecule has 1 aromatic rings. The van der Waals surface area contributed by atoms with E-state index in [0.717, 1.165) is 19.5 Å². The Morgan fingerprint density at radius 2 is 2.24 bits per heavy atom. The first-order valence-electron chi connectivity index (χ1n) is 7.39. The van der Waals surface area contributed by atoms with E-state index in [9.17, 15) is 9.59 Å². The van der Waals surface area contributed by atoms with Gasteiger partial charge in [0.2, 0.25) is 5.91 Å². The second-order valence-corrected chi connectivity index (χ2v) is 5.53. The van der Waals surface area contributed by atoms with Crippen LogP contribution >= 0.6 is 0 Å². The minimum Gasteiger partial charge on any atom is -0.477 e. The predicted octanol–water partition coefficient (Wildman–Crippen LogP) is 1.13. The number of amides is 1. The Hall–Kier alpha value is -1.82. The Bertz CT molecular complexity index is 512. The largest absolute Gasteiger partial charge is 0.477 e. The van der Waals surface area contributed by atoms with E-state index in [1.165, 1.54) is 17.1 Å². The van der Waals surface area contributed by atoms with Gasteiger partial charge in [0.15, 0.2) is 0 Å². The Balaban J connectivity index is 1.93. The zero-order valence-corrected chi connectivity index (χ0v) is 12.7. The van der Waals surface area contributed by atoms with Gasteiger partial charge in [-0.25, -0.2) is 4.79 Å². The van der Waals surface area contributed by atoms with Crippen LogP contribution in [0.5, 0.6) is 0 Å². The van der Waals surface area contributed by atoms with E-state index in [-0.39, 0.29) is 18.1 Å². The zero-order valence-electron chi connectivity index (χ0n) is 12.7. The summed E-state index contributed by atoms with van der Waals surface area (Å²) < 4.78 is 1.48. The number of hydrogen-bond donors (Lipinski definition) is 1. The third-order valence-electron chi connectivity index (χ3n) is 4.17. The molecule has 1 fully saturated rings. The van der Waals surface area contributed by atoms with Crippen molar-refractivity contribution in [2.45, 2.75) is 32.4 Å². The quantitative estimate of drug-likeness (QED) is 0.854. The van der Waals surface area contributed by atoms with E-state index in [4.69, 9.17) is 5.11 Å². The second kappa shape index (κ2) is 6.76. The lowest BCUT2D eigenvalue weighted by atomic mass is 10.2. The number of carbonyl (C=O) groups excluding carboxylic acids is 1. The first-order valence-corrected chi connectivity index (χ1v) is 7.39. The van der Waals surface area contributed by atoms with Crippen molar-refractivity contribution < 1.29 is 14.7 Å². The number of nitrogens with zero attached hydrogens (tertiary/aromatic N) is 3. The molecular formula is C15H23N3O3. The van der Waals surface area contributed by atoms with Crippen LogP contribution in [-0.2, 0) is 11.3 Å². The summed E-state index contributed by atoms with van der Waals surface area (Å²) in [5.74, 6) is -1.07. The van der Waals surface area contributed by atoms with Crippen LogP contribution in [0.15, 0.2) is 18.3 Å². The van der Waals surface area contributed by atoms with Gasteiger partial charge in [0.1, 0.15) is 12.2 Å². The van der Waals surface area contributed by atoms with Crippen molar-refractivity contribution in [3.63, 3.8) is 0 Å². The number of carboxylic acids is 1. The molecule has 1 aromatic heterocycles. The highest BCUT2D eigenvalue weighted by molar-refractivity contribution is 5.86. The van der Waals surface area contributed by atoms with Crippen LogP contribution in [0.1, 0.15) is 30.3 Å². The van der Waals surface area contributed by atoms with E-state index in [1.54, 1.807) is 24.2 Å². The Morgan fingerprint density at radius 3 is 2.90 bits per heavy atom. The molecular weight excluding hydrogens is 270 g/mol. The van der Waals surface area contributed by atoms with Crippen LogP contribution in [0.4, 0.5) is 0 Å². The normalized spacial score (nSPS) is 18.9. The number of aromatic nitrogens is 1. The highest BCUT2D eigenvalue weighted by Crippen LogP contribution is 2.17. The lowest BCUT2D eigenvalue weighted by molar-refractivity contribution is -0.131. The molecule has 21 heavy (non-hydrogen) atoms. The molecule has 1 saturated heterocycles. The number of aromatic carboxylic acids is 1. The molecule has 0 spiro atoms. The van der Waals surface area contributed by atoms with Crippen molar-refractivity contribution in [1.29, 1.82) is 0 Å². The summed E-state index contributed by atoms with van der Waals surface area (Å²) in [5.41, 5.74) is 0.146. The van der Waals surface area contributed by atoms with Crippen molar-refractivity contribution in [2.75, 3.05) is 26.7 Å². The molecule has 6 heteroatoms. The fourth-order valence-electron chi connectivity index (χ4n) is 2.95. The van der Waals surface area contributed by atoms with Crippen molar-refractivity contribution in [1.82, 2.24) is 14.4 Å². The van der Waals surface area contributed by atoms with Gasteiger partial charge in [-0.1, -0.05) is 6.92 Å². The molecule has 1 amide bonds. The molecule has 1 N–H and O–H groups in total. The first kappa shape index (κ1) is 15.6. The molecule has 0 aromatic carbocycles. The van der Waals surface area contributed by atoms with Gasteiger partial charge in [0.25, 0.3) is 0 Å². The van der Waals surface area contributed by atoms with Crippen LogP contribution in [0.25, 0.3) is 0 Å². The van der Waals surface area contributed by atoms with E-state index >= 15 is 0 Å². The van der Waals surface area contributed by atoms with Crippen molar-refractivity contribution in [2.24, 2.45) is 0 Å². The van der Waals surface area contributed by atoms with Crippen molar-refractivity contribution in [3.05, 3.63) is 24.0 Å². The predicted molar refractivity (Wildman–Crippen MR) is 79.3 cm³/mol. The lowest BCUT2D eigenvalue weighted by Crippen LogP contribution is -2.42. The van der Waals surface area contributed by atoms with E-state index in [2.05, 4.69) is 11.8 Å². The van der Waals surface area contributed by atoms with Gasteiger partial charge in [-0.3, -0.25) is 9.69 Å². The summed E-state index contributed by atoms with van der Waals surface area (Å²) in [5, 5.41) is 9.05. The van der Waals surface area contributed by atoms with Gasteiger partial charge in [0, 0.05) is 25.8 Å². The Kier molecular flexibility index (Phi) is 5.01. The van der Waals surface area contributed by atoms with E-state index in [0.29, 0.717) is 12.6 Å². The van der Waals surface area contributed by atoms with Crippen molar-refractivity contribution in [3.8, 4) is 0 Å². The smallest absolute Gasteiger partial charge is 0.352 e. The minimum atomic E-state index is -1.01. The molecule has 1 atom stereocenters. The number of likely N-dealkylation sites (tertiary alicyclic amines) is 1. The summed E-state index contributed by atoms with van der Waals surface area (Å²) in [6.07, 6.45) is 3.93. The number of carbonyl (C=O) groups is 2. The second-order valence-electron chi connectivity index (χ2n) is 5.53. The average molecular weight is 293 g/mol. The molecule has 0 saturated carbocycles. The standard InChI is InChI=1S/C15H23N3O3/c1-3-17-8-4-6-12(17)10-16(2)14(19)11-18-9-5-7-13(18)15(20)21/h5,7,9,12H,3-4,6,8,10-11H2,1-2H3,(H,20,21). The molecule has 2 rings (SSSR count). The molecule has 6 nitrogen and oxygen atoms in total. The number of carboxylic acid groups (broad SMARTS) is 1. The van der Waals surface area contributed by atoms with Crippen LogP contribution in [0.3, 0.4) is 0 Å². The zero-order chi connectivity index (χ0) is 15.4. The van der Waals surface area contributed by atoms with Crippen LogP contribution in [0.2, 0.25) is 0 Å². The topological polar surface area (TPSA) is 65.8 Å². The van der Waals surface area contributed by atoms with Gasteiger partial charge in [-0.05, 0) is 38.1 Å². The maximum Gasteiger partial charge on any atom is 0.352 e. The highest BCUT2D eigenvalue weighted by Gasteiger charge is 2.25. The summed E-state index contributed by atoms with van der Waals surface area (Å²) in [4.78, 5) is 27.4. The lowest BCUT2D eigenvalue weighted by Gasteiger charge is -2.28. The summed E-state index contributed by atoms with van der Waals surface area (Å²) in [7, 11) is 1.79. The Labute approximate surface area is 124 Å². The third-order valence-corrected chi connectivity index (χ3v) is 4.17. The monoisotopic (exact) mass is 293 g/mol. The van der Waals surface area contributed by atoms with Gasteiger partial charge in [-0.15, -0.1) is 0 Å². The van der Waals surface area contributed by atoms with Crippen LogP contribution in [-0.4, -0.2) is 64.1 Å². The van der Waals surface area contributed by atoms with Crippen molar-refractivity contribution >= 4 is 11.9 Å². The van der Waals surface area contributed by atoms with Gasteiger partial charge in [-0.2, -0.15) is 0 Å². The molecule has 2 heterocycles. The van der Waals surface area contributed by atoms with Gasteiger partial charge < -0.3 is 14.6 Å². The van der Waals surface area contributed by atoms with E-state index in [1.807, 2.05) is 0 Å². The maximum atomic E-state index is 12.3. The summed E-state index contributed by atoms with van der Waals surface area (Å²) in [6.45, 7) is 5.02. The van der Waals surface area contributed by atoms with Gasteiger partial charge >= 0.3 is 5.97 Å². The Morgan fingerprint density at radius 1 is 1.48 bits per heavy atom. The molecule has 1 aliphatic rings. The molecule has 0 bridgehead atoms. The molecule has 1 aliphatic heterocycles. The minimum absolute atomic E-state index is 0.0587. The van der Waals surface area contributed by atoms with Crippen LogP contribution in [0, 0.1) is 0 Å². The molecule has 0 radical (unpaired) electrons. The summed E-state index contributed by atoms with van der Waals surface area (Å²) in [6, 6.07) is 3.57. The number of rotatable bonds is 6. The third kappa shape index (κ3) is 3.64. The molecule has 0 aliphatic carbocycles.